The van der Waals surface area contributed by atoms with Crippen LogP contribution >= 0.6 is 11.6 Å². The average molecular weight is 529 g/mol. The maximum atomic E-state index is 14.5. The number of fused-ring (bicyclic) bond motifs is 6. The monoisotopic (exact) mass is 528 g/mol. The van der Waals surface area contributed by atoms with E-state index in [1.54, 1.807) is 6.07 Å². The molecule has 7 heteroatoms. The van der Waals surface area contributed by atoms with Crippen molar-refractivity contribution >= 4 is 46.5 Å². The van der Waals surface area contributed by atoms with Crippen LogP contribution in [0, 0.1) is 17.2 Å². The van der Waals surface area contributed by atoms with E-state index in [1.807, 2.05) is 74.2 Å². The van der Waals surface area contributed by atoms with E-state index in [2.05, 4.69) is 5.32 Å². The van der Waals surface area contributed by atoms with Gasteiger partial charge in [-0.15, -0.1) is 0 Å². The Balaban J connectivity index is 1.68. The van der Waals surface area contributed by atoms with E-state index in [9.17, 15) is 18.8 Å². The van der Waals surface area contributed by atoms with Gasteiger partial charge in [0.25, 0.3) is 0 Å². The van der Waals surface area contributed by atoms with Crippen molar-refractivity contribution in [1.29, 1.82) is 0 Å². The van der Waals surface area contributed by atoms with Crippen LogP contribution in [-0.2, 0) is 15.0 Å². The number of ketones is 2. The number of hydrogen-bond donors (Lipinski definition) is 1. The van der Waals surface area contributed by atoms with Gasteiger partial charge in [0.15, 0.2) is 11.6 Å². The Bertz CT molecular complexity index is 1540. The third-order valence-corrected chi connectivity index (χ3v) is 8.25. The first-order valence-corrected chi connectivity index (χ1v) is 12.9. The van der Waals surface area contributed by atoms with Gasteiger partial charge in [0.2, 0.25) is 5.91 Å². The maximum Gasteiger partial charge on any atom is 0.238 e. The topological polar surface area (TPSA) is 66.5 Å². The number of carbonyl (C=O) groups excluding carboxylic acids is 3. The number of carbonyl (C=O) groups is 3. The van der Waals surface area contributed by atoms with Crippen molar-refractivity contribution in [1.82, 2.24) is 0 Å². The number of nitrogens with zero attached hydrogens (tertiary/aromatic N) is 1. The van der Waals surface area contributed by atoms with Gasteiger partial charge in [-0.25, -0.2) is 4.39 Å². The van der Waals surface area contributed by atoms with Gasteiger partial charge in [-0.3, -0.25) is 14.4 Å². The van der Waals surface area contributed by atoms with Crippen molar-refractivity contribution in [2.24, 2.45) is 11.3 Å². The fraction of sp³-hybridized carbons (Fsp3) is 0.258. The molecule has 0 bridgehead atoms. The molecule has 0 aliphatic carbocycles. The normalized spacial score (nSPS) is 25.1. The van der Waals surface area contributed by atoms with Gasteiger partial charge in [0.05, 0.1) is 12.0 Å². The molecule has 4 atom stereocenters. The molecule has 3 aliphatic heterocycles. The predicted molar refractivity (Wildman–Crippen MR) is 146 cm³/mol. The minimum atomic E-state index is -1.39. The van der Waals surface area contributed by atoms with Crippen molar-refractivity contribution < 1.29 is 18.8 Å². The summed E-state index contributed by atoms with van der Waals surface area (Å²) in [5, 5.41) is 3.54. The highest BCUT2D eigenvalue weighted by Crippen LogP contribution is 2.58. The van der Waals surface area contributed by atoms with Crippen LogP contribution in [0.2, 0.25) is 5.02 Å². The van der Waals surface area contributed by atoms with Gasteiger partial charge in [-0.1, -0.05) is 62.7 Å². The number of benzene rings is 3. The number of anilines is 2. The van der Waals surface area contributed by atoms with Crippen LogP contribution in [0.4, 0.5) is 15.8 Å². The number of halogens is 2. The van der Waals surface area contributed by atoms with Crippen molar-refractivity contribution in [2.45, 2.75) is 38.3 Å². The van der Waals surface area contributed by atoms with Crippen molar-refractivity contribution in [3.63, 3.8) is 0 Å². The smallest absolute Gasteiger partial charge is 0.238 e. The molecule has 1 fully saturated rings. The molecule has 1 N–H and O–H groups in total. The van der Waals surface area contributed by atoms with Gasteiger partial charge in [0, 0.05) is 27.4 Å². The summed E-state index contributed by atoms with van der Waals surface area (Å²) in [4.78, 5) is 44.9. The number of Topliss-reactive ketones (excluding diaryl/α,β-unsaturated/α-hetero) is 2. The lowest BCUT2D eigenvalue weighted by Crippen LogP contribution is -2.51. The lowest BCUT2D eigenvalue weighted by Gasteiger charge is -2.38. The summed E-state index contributed by atoms with van der Waals surface area (Å²) in [6.45, 7) is 5.46. The summed E-state index contributed by atoms with van der Waals surface area (Å²) in [6.07, 6.45) is 3.81. The Kier molecular flexibility index (Phi) is 5.41. The van der Waals surface area contributed by atoms with Gasteiger partial charge >= 0.3 is 0 Å². The Labute approximate surface area is 225 Å². The fourth-order valence-electron chi connectivity index (χ4n) is 6.39. The molecular formula is C31H26ClFN2O3. The molecule has 0 radical (unpaired) electrons. The first kappa shape index (κ1) is 24.6. The van der Waals surface area contributed by atoms with Crippen LogP contribution in [0.15, 0.2) is 72.8 Å². The molecule has 3 aromatic carbocycles. The van der Waals surface area contributed by atoms with Gasteiger partial charge in [-0.2, -0.15) is 0 Å². The predicted octanol–water partition coefficient (Wildman–Crippen LogP) is 6.07. The molecule has 6 rings (SSSR count). The van der Waals surface area contributed by atoms with Crippen molar-refractivity contribution in [3.8, 4) is 0 Å². The van der Waals surface area contributed by atoms with Gasteiger partial charge < -0.3 is 10.2 Å². The Morgan fingerprint density at radius 2 is 1.74 bits per heavy atom. The average Bonchev–Trinajstić information content (AvgIpc) is 3.35. The number of para-hydroxylation sites is 1. The highest BCUT2D eigenvalue weighted by Gasteiger charge is 2.70. The van der Waals surface area contributed by atoms with E-state index in [0.29, 0.717) is 16.3 Å². The summed E-state index contributed by atoms with van der Waals surface area (Å²) < 4.78 is 13.8. The van der Waals surface area contributed by atoms with E-state index in [4.69, 9.17) is 11.6 Å². The maximum absolute atomic E-state index is 14.5. The van der Waals surface area contributed by atoms with E-state index in [0.717, 1.165) is 11.3 Å². The molecule has 0 unspecified atom stereocenters. The fourth-order valence-corrected chi connectivity index (χ4v) is 6.57. The second-order valence-electron chi connectivity index (χ2n) is 11.2. The van der Waals surface area contributed by atoms with Crippen LogP contribution in [0.25, 0.3) is 6.08 Å². The first-order valence-electron chi connectivity index (χ1n) is 12.6. The lowest BCUT2D eigenvalue weighted by molar-refractivity contribution is -0.128. The zero-order valence-electron chi connectivity index (χ0n) is 21.2. The van der Waals surface area contributed by atoms with Crippen LogP contribution in [0.5, 0.6) is 0 Å². The molecule has 0 aromatic heterocycles. The minimum Gasteiger partial charge on any atom is -0.352 e. The van der Waals surface area contributed by atoms with E-state index in [-0.39, 0.29) is 23.0 Å². The van der Waals surface area contributed by atoms with Crippen LogP contribution in [-0.4, -0.2) is 29.6 Å². The summed E-state index contributed by atoms with van der Waals surface area (Å²) in [5.74, 6) is -2.41. The van der Waals surface area contributed by atoms with E-state index < -0.39 is 34.6 Å². The number of hydrogen-bond acceptors (Lipinski definition) is 4. The molecule has 5 nitrogen and oxygen atoms in total. The van der Waals surface area contributed by atoms with Gasteiger partial charge in [-0.05, 0) is 59.7 Å². The SMILES string of the molecule is CC(C)(C)C(=O)[C@H]1[C@H](C(=O)c2ccc(F)cc2)[C@]2(C(=O)Nc3ccccc32)[C@H]2C=Cc3cc(Cl)ccc3N12. The summed E-state index contributed by atoms with van der Waals surface area (Å²) >= 11 is 6.31. The molecule has 38 heavy (non-hydrogen) atoms. The molecule has 3 aliphatic rings. The van der Waals surface area contributed by atoms with Crippen LogP contribution in [0.1, 0.15) is 42.3 Å². The molecule has 1 saturated heterocycles. The third-order valence-electron chi connectivity index (χ3n) is 8.01. The lowest BCUT2D eigenvalue weighted by atomic mass is 9.63. The number of amides is 1. The summed E-state index contributed by atoms with van der Waals surface area (Å²) in [5.41, 5.74) is 0.874. The quantitative estimate of drug-likeness (QED) is 0.419. The van der Waals surface area contributed by atoms with Gasteiger partial charge in [0.1, 0.15) is 17.3 Å². The number of rotatable bonds is 3. The van der Waals surface area contributed by atoms with E-state index in [1.165, 1.54) is 24.3 Å². The van der Waals surface area contributed by atoms with Crippen molar-refractivity contribution in [2.75, 3.05) is 10.2 Å². The zero-order valence-corrected chi connectivity index (χ0v) is 21.9. The van der Waals surface area contributed by atoms with Crippen LogP contribution in [0.3, 0.4) is 0 Å². The highest BCUT2D eigenvalue weighted by atomic mass is 35.5. The molecule has 3 heterocycles. The molecule has 1 spiro atoms. The Morgan fingerprint density at radius 1 is 1.03 bits per heavy atom. The first-order chi connectivity index (χ1) is 18.0. The second-order valence-corrected chi connectivity index (χ2v) is 11.6. The largest absolute Gasteiger partial charge is 0.352 e. The molecule has 0 saturated carbocycles. The summed E-state index contributed by atoms with van der Waals surface area (Å²) in [6, 6.07) is 16.4. The molecule has 192 valence electrons. The third kappa shape index (κ3) is 3.33. The molecule has 1 amide bonds. The van der Waals surface area contributed by atoms with Crippen molar-refractivity contribution in [3.05, 3.63) is 100 Å². The standard InChI is InChI=1S/C31H26ClFN2O3/c1-30(2,3)28(37)26-25(27(36)17-8-12-20(33)13-9-17)31(21-6-4-5-7-22(21)34-29(31)38)24-15-10-18-16-19(32)11-14-23(18)35(24)26/h4-16,24-26H,1-3H3,(H,34,38)/t24-,25-,26-,31-/m1/s1. The Hall–Kier alpha value is -3.77. The molecular weight excluding hydrogens is 503 g/mol. The summed E-state index contributed by atoms with van der Waals surface area (Å²) in [7, 11) is 0. The highest BCUT2D eigenvalue weighted by molar-refractivity contribution is 6.31. The molecule has 3 aromatic rings. The number of nitrogens with one attached hydrogen (secondary N) is 1. The van der Waals surface area contributed by atoms with Crippen LogP contribution < -0.4 is 10.2 Å². The second kappa shape index (κ2) is 8.37. The Morgan fingerprint density at radius 3 is 2.45 bits per heavy atom. The van der Waals surface area contributed by atoms with E-state index >= 15 is 0 Å². The minimum absolute atomic E-state index is 0.159. The zero-order chi connectivity index (χ0) is 27.0.